The van der Waals surface area contributed by atoms with Crippen molar-refractivity contribution in [2.75, 3.05) is 13.2 Å². The number of pyridine rings is 1. The number of ether oxygens (including phenoxy) is 1. The normalized spacial score (nSPS) is 18.8. The molecule has 292 valence electrons. The summed E-state index contributed by atoms with van der Waals surface area (Å²) >= 11 is 6.50. The Balaban J connectivity index is 1.46. The summed E-state index contributed by atoms with van der Waals surface area (Å²) in [6.07, 6.45) is -9.38. The van der Waals surface area contributed by atoms with Crippen LogP contribution in [0.25, 0.3) is 16.8 Å². The SMILES string of the molecule is CC(C)(C)CCN=C1NC(F)c2ncnn2-c2cc(ccc2Cl)[C@@H](COC(=O)NC2(C(F)(F)F)CC2)N1C(=O)c1ccc(-c2ccc(C(F)F)nc2)cc1F. The van der Waals surface area contributed by atoms with Gasteiger partial charge in [-0.2, -0.15) is 18.3 Å². The molecule has 2 aliphatic rings. The van der Waals surface area contributed by atoms with Crippen LogP contribution >= 0.6 is 11.6 Å². The number of hydrogen-bond donors (Lipinski definition) is 2. The fraction of sp³-hybridized carbons (Fsp3) is 0.389. The van der Waals surface area contributed by atoms with Gasteiger partial charge in [0, 0.05) is 18.3 Å². The molecule has 4 aromatic rings. The van der Waals surface area contributed by atoms with Gasteiger partial charge in [0.15, 0.2) is 5.82 Å². The number of carbonyl (C=O) groups is 2. The second kappa shape index (κ2) is 15.1. The first kappa shape index (κ1) is 39.4. The van der Waals surface area contributed by atoms with E-state index in [1.807, 2.05) is 26.1 Å². The van der Waals surface area contributed by atoms with E-state index < -0.39 is 72.1 Å². The minimum atomic E-state index is -4.76. The maximum absolute atomic E-state index is 16.3. The third kappa shape index (κ3) is 8.53. The molecule has 2 aromatic carbocycles. The van der Waals surface area contributed by atoms with Crippen LogP contribution in [-0.4, -0.2) is 67.5 Å². The van der Waals surface area contributed by atoms with Crippen LogP contribution in [0.1, 0.15) is 86.2 Å². The van der Waals surface area contributed by atoms with Gasteiger partial charge >= 0.3 is 12.3 Å². The van der Waals surface area contributed by atoms with Crippen LogP contribution in [-0.2, 0) is 4.74 Å². The number of aromatic nitrogens is 4. The van der Waals surface area contributed by atoms with Gasteiger partial charge in [0.05, 0.1) is 22.3 Å². The lowest BCUT2D eigenvalue weighted by Crippen LogP contribution is -2.51. The summed E-state index contributed by atoms with van der Waals surface area (Å²) in [5.74, 6) is -2.95. The minimum Gasteiger partial charge on any atom is -0.447 e. The molecule has 2 amide bonds. The Morgan fingerprint density at radius 2 is 1.80 bits per heavy atom. The molecule has 2 atom stereocenters. The minimum absolute atomic E-state index is 0.00604. The smallest absolute Gasteiger partial charge is 0.411 e. The molecule has 0 radical (unpaired) electrons. The first-order valence-electron chi connectivity index (χ1n) is 16.9. The molecule has 3 heterocycles. The lowest BCUT2D eigenvalue weighted by Gasteiger charge is -2.35. The molecule has 2 bridgehead atoms. The second-order valence-corrected chi connectivity index (χ2v) is 14.6. The van der Waals surface area contributed by atoms with Crippen LogP contribution in [0.5, 0.6) is 0 Å². The van der Waals surface area contributed by atoms with Crippen molar-refractivity contribution >= 4 is 29.6 Å². The standard InChI is InChI=1S/C36H34ClF7N8O3/c1-34(2,3)12-13-45-32-49-29(41)30-47-18-48-52(30)26-15-20(5-8-23(26)37)27(17-55-33(54)50-35(10-11-35)36(42,43)44)51(32)31(53)22-7-4-19(14-24(22)38)21-6-9-25(28(39)40)46-16-21/h4-9,14-16,18,27-29H,10-13,17H2,1-3H3,(H,45,49)(H,50,54)/t27-,29?/m1/s1. The van der Waals surface area contributed by atoms with E-state index in [1.54, 1.807) is 0 Å². The highest BCUT2D eigenvalue weighted by Gasteiger charge is 2.64. The van der Waals surface area contributed by atoms with Gasteiger partial charge in [0.25, 0.3) is 12.3 Å². The van der Waals surface area contributed by atoms with Crippen LogP contribution in [0, 0.1) is 11.2 Å². The van der Waals surface area contributed by atoms with Gasteiger partial charge in [-0.25, -0.2) is 32.0 Å². The second-order valence-electron chi connectivity index (χ2n) is 14.2. The number of carbonyl (C=O) groups excluding carboxylic acids is 2. The van der Waals surface area contributed by atoms with Crippen molar-refractivity contribution in [2.45, 2.75) is 70.5 Å². The molecule has 0 saturated heterocycles. The zero-order chi connectivity index (χ0) is 39.9. The summed E-state index contributed by atoms with van der Waals surface area (Å²) in [4.78, 5) is 40.7. The third-order valence-corrected chi connectivity index (χ3v) is 9.39. The predicted molar refractivity (Wildman–Crippen MR) is 186 cm³/mol. The molecular formula is C36H34ClF7N8O3. The molecule has 19 heteroatoms. The average molecular weight is 795 g/mol. The lowest BCUT2D eigenvalue weighted by atomic mass is 9.92. The molecule has 2 aromatic heterocycles. The van der Waals surface area contributed by atoms with Crippen molar-refractivity contribution in [2.24, 2.45) is 10.4 Å². The molecule has 1 unspecified atom stereocenters. The van der Waals surface area contributed by atoms with Gasteiger partial charge in [-0.3, -0.25) is 19.7 Å². The molecule has 55 heavy (non-hydrogen) atoms. The van der Waals surface area contributed by atoms with Crippen LogP contribution in [0.3, 0.4) is 0 Å². The van der Waals surface area contributed by atoms with E-state index in [0.717, 1.165) is 40.3 Å². The first-order chi connectivity index (χ1) is 25.9. The summed E-state index contributed by atoms with van der Waals surface area (Å²) in [6.45, 7) is 4.94. The molecule has 0 spiro atoms. The van der Waals surface area contributed by atoms with Crippen molar-refractivity contribution < 1.29 is 45.1 Å². The number of alkyl carbamates (subject to hydrolysis) is 1. The molecule has 1 aliphatic carbocycles. The molecule has 6 rings (SSSR count). The quantitative estimate of drug-likeness (QED) is 0.136. The topological polar surface area (TPSA) is 127 Å². The highest BCUT2D eigenvalue weighted by molar-refractivity contribution is 6.32. The molecule has 1 fully saturated rings. The summed E-state index contributed by atoms with van der Waals surface area (Å²) in [7, 11) is 0. The van der Waals surface area contributed by atoms with Gasteiger partial charge in [0.2, 0.25) is 12.3 Å². The zero-order valence-corrected chi connectivity index (χ0v) is 30.2. The van der Waals surface area contributed by atoms with E-state index in [1.165, 1.54) is 30.3 Å². The van der Waals surface area contributed by atoms with Crippen LogP contribution in [0.4, 0.5) is 35.5 Å². The highest BCUT2D eigenvalue weighted by atomic mass is 35.5. The Bertz CT molecular complexity index is 2100. The summed E-state index contributed by atoms with van der Waals surface area (Å²) in [6, 6.07) is 8.53. The van der Waals surface area contributed by atoms with Crippen LogP contribution in [0.2, 0.25) is 5.02 Å². The van der Waals surface area contributed by atoms with Gasteiger partial charge in [-0.05, 0) is 66.1 Å². The average Bonchev–Trinajstić information content (AvgIpc) is 3.74. The van der Waals surface area contributed by atoms with Crippen LogP contribution in [0.15, 0.2) is 66.0 Å². The van der Waals surface area contributed by atoms with Crippen molar-refractivity contribution in [3.63, 3.8) is 0 Å². The number of benzene rings is 2. The maximum atomic E-state index is 16.3. The van der Waals surface area contributed by atoms with E-state index in [-0.39, 0.29) is 58.0 Å². The van der Waals surface area contributed by atoms with E-state index >= 15 is 8.78 Å². The zero-order valence-electron chi connectivity index (χ0n) is 29.5. The summed E-state index contributed by atoms with van der Waals surface area (Å²) < 4.78 is 106. The number of halogens is 8. The van der Waals surface area contributed by atoms with E-state index in [9.17, 15) is 31.5 Å². The van der Waals surface area contributed by atoms with Gasteiger partial charge in [-0.1, -0.05) is 50.6 Å². The largest absolute Gasteiger partial charge is 0.447 e. The number of guanidine groups is 1. The number of nitrogens with zero attached hydrogens (tertiary/aromatic N) is 6. The Kier molecular flexibility index (Phi) is 10.8. The van der Waals surface area contributed by atoms with Gasteiger partial charge in [-0.15, -0.1) is 0 Å². The van der Waals surface area contributed by atoms with Crippen molar-refractivity contribution in [1.82, 2.24) is 35.3 Å². The Morgan fingerprint density at radius 1 is 1.07 bits per heavy atom. The summed E-state index contributed by atoms with van der Waals surface area (Å²) in [5.41, 5.74) is -3.15. The van der Waals surface area contributed by atoms with Crippen molar-refractivity contribution in [3.8, 4) is 16.8 Å². The van der Waals surface area contributed by atoms with E-state index in [2.05, 4.69) is 25.4 Å². The lowest BCUT2D eigenvalue weighted by molar-refractivity contribution is -0.164. The molecule has 11 nitrogen and oxygen atoms in total. The maximum Gasteiger partial charge on any atom is 0.411 e. The third-order valence-electron chi connectivity index (χ3n) is 9.07. The number of amides is 2. The van der Waals surface area contributed by atoms with E-state index in [0.29, 0.717) is 6.42 Å². The predicted octanol–water partition coefficient (Wildman–Crippen LogP) is 8.43. The fourth-order valence-corrected chi connectivity index (χ4v) is 5.97. The first-order valence-corrected chi connectivity index (χ1v) is 17.3. The Labute approximate surface area is 314 Å². The molecular weight excluding hydrogens is 761 g/mol. The monoisotopic (exact) mass is 794 g/mol. The number of fused-ring (bicyclic) bond motifs is 4. The number of nitrogens with one attached hydrogen (secondary N) is 2. The van der Waals surface area contributed by atoms with Crippen LogP contribution < -0.4 is 10.6 Å². The van der Waals surface area contributed by atoms with Gasteiger partial charge in [0.1, 0.15) is 30.0 Å². The number of hydrogen-bond acceptors (Lipinski definition) is 7. The Hall–Kier alpha value is -5.26. The fourth-order valence-electron chi connectivity index (χ4n) is 5.77. The number of rotatable bonds is 8. The Morgan fingerprint density at radius 3 is 2.42 bits per heavy atom. The van der Waals surface area contributed by atoms with Gasteiger partial charge < -0.3 is 15.4 Å². The number of alkyl halides is 6. The van der Waals surface area contributed by atoms with E-state index in [4.69, 9.17) is 16.3 Å². The van der Waals surface area contributed by atoms with Crippen molar-refractivity contribution in [1.29, 1.82) is 0 Å². The molecule has 2 N–H and O–H groups in total. The highest BCUT2D eigenvalue weighted by Crippen LogP contribution is 2.49. The molecule has 1 saturated carbocycles. The molecule has 1 aliphatic heterocycles. The summed E-state index contributed by atoms with van der Waals surface area (Å²) in [5, 5.41) is 8.55. The van der Waals surface area contributed by atoms with Crippen molar-refractivity contribution in [3.05, 3.63) is 94.5 Å². The number of aliphatic imine (C=N–C) groups is 1.